The number of nitrogens with zero attached hydrogens (tertiary/aromatic N) is 1. The van der Waals surface area contributed by atoms with E-state index in [-0.39, 0.29) is 5.75 Å². The van der Waals surface area contributed by atoms with Crippen molar-refractivity contribution in [3.8, 4) is 0 Å². The molecule has 0 aromatic rings. The molecule has 0 N–H and O–H groups in total. The summed E-state index contributed by atoms with van der Waals surface area (Å²) in [6.07, 6.45) is 1.10. The Kier molecular flexibility index (Phi) is 1.78. The first-order chi connectivity index (χ1) is 4.58. The monoisotopic (exact) mass is 163 g/mol. The Balaban J connectivity index is 2.87. The SMILES string of the molecule is CN1C(C=O)CCS1(=O)=O. The van der Waals surface area contributed by atoms with Gasteiger partial charge in [0.2, 0.25) is 10.0 Å². The molecule has 1 fully saturated rings. The predicted octanol–water partition coefficient (Wildman–Crippen LogP) is -0.781. The maximum Gasteiger partial charge on any atom is 0.214 e. The normalized spacial score (nSPS) is 32.3. The topological polar surface area (TPSA) is 54.5 Å². The van der Waals surface area contributed by atoms with Crippen molar-refractivity contribution in [1.82, 2.24) is 4.31 Å². The molecule has 1 aliphatic rings. The third-order valence-electron chi connectivity index (χ3n) is 1.73. The molecule has 1 rings (SSSR count). The smallest absolute Gasteiger partial charge is 0.214 e. The fourth-order valence-corrected chi connectivity index (χ4v) is 2.35. The second kappa shape index (κ2) is 2.32. The molecule has 0 amide bonds. The molecule has 0 spiro atoms. The summed E-state index contributed by atoms with van der Waals surface area (Å²) >= 11 is 0. The first-order valence-electron chi connectivity index (χ1n) is 2.99. The minimum absolute atomic E-state index is 0.104. The lowest BCUT2D eigenvalue weighted by molar-refractivity contribution is -0.110. The van der Waals surface area contributed by atoms with E-state index in [1.54, 1.807) is 0 Å². The van der Waals surface area contributed by atoms with Gasteiger partial charge < -0.3 is 4.79 Å². The molecule has 1 atom stereocenters. The summed E-state index contributed by atoms with van der Waals surface area (Å²) in [6, 6.07) is -0.426. The van der Waals surface area contributed by atoms with E-state index in [1.165, 1.54) is 7.05 Å². The number of likely N-dealkylation sites (N-methyl/N-ethyl adjacent to an activating group) is 1. The lowest BCUT2D eigenvalue weighted by Crippen LogP contribution is -2.29. The molecule has 58 valence electrons. The van der Waals surface area contributed by atoms with Crippen molar-refractivity contribution in [1.29, 1.82) is 0 Å². The molecule has 1 unspecified atom stereocenters. The molecular weight excluding hydrogens is 154 g/mol. The maximum atomic E-state index is 10.9. The number of carbonyl (C=O) groups excluding carboxylic acids is 1. The van der Waals surface area contributed by atoms with Crippen LogP contribution in [0, 0.1) is 0 Å². The van der Waals surface area contributed by atoms with Crippen molar-refractivity contribution >= 4 is 16.3 Å². The van der Waals surface area contributed by atoms with Gasteiger partial charge in [-0.1, -0.05) is 0 Å². The Morgan fingerprint density at radius 2 is 2.20 bits per heavy atom. The van der Waals surface area contributed by atoms with Crippen LogP contribution in [0.1, 0.15) is 6.42 Å². The molecule has 10 heavy (non-hydrogen) atoms. The second-order valence-corrected chi connectivity index (χ2v) is 4.47. The van der Waals surface area contributed by atoms with Gasteiger partial charge in [-0.25, -0.2) is 8.42 Å². The van der Waals surface area contributed by atoms with Gasteiger partial charge in [-0.05, 0) is 6.42 Å². The quantitative estimate of drug-likeness (QED) is 0.476. The Morgan fingerprint density at radius 3 is 2.40 bits per heavy atom. The van der Waals surface area contributed by atoms with Crippen molar-refractivity contribution in [2.45, 2.75) is 12.5 Å². The highest BCUT2D eigenvalue weighted by Gasteiger charge is 2.33. The molecule has 1 aliphatic heterocycles. The fourth-order valence-electron chi connectivity index (χ4n) is 0.956. The van der Waals surface area contributed by atoms with Crippen LogP contribution in [-0.2, 0) is 14.8 Å². The summed E-state index contributed by atoms with van der Waals surface area (Å²) in [5, 5.41) is 0. The van der Waals surface area contributed by atoms with Crippen LogP contribution < -0.4 is 0 Å². The fraction of sp³-hybridized carbons (Fsp3) is 0.800. The standard InChI is InChI=1S/C5H9NO3S/c1-6-5(4-7)2-3-10(6,8)9/h4-5H,2-3H2,1H3. The Hall–Kier alpha value is -0.420. The average molecular weight is 163 g/mol. The molecule has 0 bridgehead atoms. The Labute approximate surface area is 59.9 Å². The van der Waals surface area contributed by atoms with Crippen LogP contribution in [0.2, 0.25) is 0 Å². The number of hydrogen-bond donors (Lipinski definition) is 0. The first kappa shape index (κ1) is 7.68. The molecular formula is C5H9NO3S. The van der Waals surface area contributed by atoms with Gasteiger partial charge in [-0.3, -0.25) is 0 Å². The zero-order valence-electron chi connectivity index (χ0n) is 5.65. The number of carbonyl (C=O) groups is 1. The van der Waals surface area contributed by atoms with Gasteiger partial charge >= 0.3 is 0 Å². The summed E-state index contributed by atoms with van der Waals surface area (Å²) < 4.78 is 22.9. The molecule has 0 saturated carbocycles. The lowest BCUT2D eigenvalue weighted by Gasteiger charge is -2.10. The summed E-state index contributed by atoms with van der Waals surface area (Å²) in [5.74, 6) is 0.104. The minimum atomic E-state index is -3.08. The summed E-state index contributed by atoms with van der Waals surface area (Å²) in [5.41, 5.74) is 0. The number of hydrogen-bond acceptors (Lipinski definition) is 3. The van der Waals surface area contributed by atoms with E-state index in [2.05, 4.69) is 0 Å². The van der Waals surface area contributed by atoms with E-state index in [4.69, 9.17) is 0 Å². The average Bonchev–Trinajstić information content (AvgIpc) is 2.10. The van der Waals surface area contributed by atoms with E-state index < -0.39 is 16.1 Å². The van der Waals surface area contributed by atoms with Crippen LogP contribution in [0.3, 0.4) is 0 Å². The van der Waals surface area contributed by atoms with Gasteiger partial charge in [-0.2, -0.15) is 4.31 Å². The molecule has 5 heteroatoms. The summed E-state index contributed by atoms with van der Waals surface area (Å²) in [7, 11) is -1.65. The van der Waals surface area contributed by atoms with Crippen molar-refractivity contribution in [3.63, 3.8) is 0 Å². The van der Waals surface area contributed by atoms with Crippen molar-refractivity contribution < 1.29 is 13.2 Å². The third kappa shape index (κ3) is 1.06. The predicted molar refractivity (Wildman–Crippen MR) is 36.0 cm³/mol. The van der Waals surface area contributed by atoms with E-state index in [0.717, 1.165) is 4.31 Å². The number of sulfonamides is 1. The number of rotatable bonds is 1. The van der Waals surface area contributed by atoms with E-state index >= 15 is 0 Å². The highest BCUT2D eigenvalue weighted by molar-refractivity contribution is 7.89. The number of aldehydes is 1. The van der Waals surface area contributed by atoms with Crippen LogP contribution in [0.15, 0.2) is 0 Å². The van der Waals surface area contributed by atoms with Crippen molar-refractivity contribution in [3.05, 3.63) is 0 Å². The van der Waals surface area contributed by atoms with Crippen LogP contribution in [0.4, 0.5) is 0 Å². The summed E-state index contributed by atoms with van der Waals surface area (Å²) in [6.45, 7) is 0. The minimum Gasteiger partial charge on any atom is -0.302 e. The van der Waals surface area contributed by atoms with Crippen molar-refractivity contribution in [2.75, 3.05) is 12.8 Å². The molecule has 4 nitrogen and oxygen atoms in total. The summed E-state index contributed by atoms with van der Waals surface area (Å²) in [4.78, 5) is 10.2. The van der Waals surface area contributed by atoms with Gasteiger partial charge in [0.25, 0.3) is 0 Å². The van der Waals surface area contributed by atoms with Crippen molar-refractivity contribution in [2.24, 2.45) is 0 Å². The molecule has 1 saturated heterocycles. The highest BCUT2D eigenvalue weighted by atomic mass is 32.2. The zero-order valence-corrected chi connectivity index (χ0v) is 6.47. The Morgan fingerprint density at radius 1 is 1.60 bits per heavy atom. The van der Waals surface area contributed by atoms with Gasteiger partial charge in [-0.15, -0.1) is 0 Å². The van der Waals surface area contributed by atoms with E-state index in [9.17, 15) is 13.2 Å². The lowest BCUT2D eigenvalue weighted by atomic mass is 10.3. The van der Waals surface area contributed by atoms with Gasteiger partial charge in [0.15, 0.2) is 0 Å². The van der Waals surface area contributed by atoms with Crippen LogP contribution in [-0.4, -0.2) is 37.9 Å². The van der Waals surface area contributed by atoms with Gasteiger partial charge in [0.05, 0.1) is 11.8 Å². The molecule has 0 radical (unpaired) electrons. The molecule has 0 aromatic carbocycles. The van der Waals surface area contributed by atoms with E-state index in [0.29, 0.717) is 12.7 Å². The van der Waals surface area contributed by atoms with Gasteiger partial charge in [0.1, 0.15) is 6.29 Å². The van der Waals surface area contributed by atoms with Crippen LogP contribution in [0.5, 0.6) is 0 Å². The largest absolute Gasteiger partial charge is 0.302 e. The third-order valence-corrected chi connectivity index (χ3v) is 3.63. The molecule has 1 heterocycles. The molecule has 0 aliphatic carbocycles. The first-order valence-corrected chi connectivity index (χ1v) is 4.60. The highest BCUT2D eigenvalue weighted by Crippen LogP contribution is 2.16. The zero-order chi connectivity index (χ0) is 7.78. The maximum absolute atomic E-state index is 10.9. The Bertz CT molecular complexity index is 233. The van der Waals surface area contributed by atoms with Gasteiger partial charge in [0, 0.05) is 7.05 Å². The molecule has 0 aromatic heterocycles. The van der Waals surface area contributed by atoms with E-state index in [1.807, 2.05) is 0 Å². The van der Waals surface area contributed by atoms with Crippen LogP contribution >= 0.6 is 0 Å². The second-order valence-electron chi connectivity index (χ2n) is 2.32. The van der Waals surface area contributed by atoms with Crippen LogP contribution in [0.25, 0.3) is 0 Å².